The van der Waals surface area contributed by atoms with E-state index < -0.39 is 28.3 Å². The predicted molar refractivity (Wildman–Crippen MR) is 133 cm³/mol. The van der Waals surface area contributed by atoms with Crippen LogP contribution in [0.5, 0.6) is 0 Å². The van der Waals surface area contributed by atoms with E-state index in [-0.39, 0.29) is 16.0 Å². The Morgan fingerprint density at radius 1 is 0.941 bits per heavy atom. The molecule has 1 amide bonds. The molecule has 0 atom stereocenters. The molecule has 0 unspecified atom stereocenters. The molecule has 0 aromatic heterocycles. The molecule has 34 heavy (non-hydrogen) atoms. The van der Waals surface area contributed by atoms with Crippen molar-refractivity contribution in [3.8, 4) is 0 Å². The monoisotopic (exact) mass is 481 g/mol. The van der Waals surface area contributed by atoms with E-state index in [4.69, 9.17) is 0 Å². The number of hydrogen-bond donors (Lipinski definition) is 1. The van der Waals surface area contributed by atoms with Crippen molar-refractivity contribution >= 4 is 27.3 Å². The summed E-state index contributed by atoms with van der Waals surface area (Å²) >= 11 is 0. The van der Waals surface area contributed by atoms with Crippen molar-refractivity contribution in [3.63, 3.8) is 0 Å². The third-order valence-corrected chi connectivity index (χ3v) is 7.04. The number of rotatable bonds is 7. The second-order valence-electron chi connectivity index (χ2n) is 8.86. The number of hydrogen-bond acceptors (Lipinski definition) is 4. The summed E-state index contributed by atoms with van der Waals surface area (Å²) in [7, 11) is -4.07. The summed E-state index contributed by atoms with van der Waals surface area (Å²) in [5.41, 5.74) is 5.20. The van der Waals surface area contributed by atoms with Crippen molar-refractivity contribution in [2.24, 2.45) is 5.10 Å². The van der Waals surface area contributed by atoms with Crippen molar-refractivity contribution in [1.82, 2.24) is 5.43 Å². The largest absolute Gasteiger partial charge is 0.271 e. The summed E-state index contributed by atoms with van der Waals surface area (Å²) in [4.78, 5) is 12.7. The number of benzene rings is 3. The van der Waals surface area contributed by atoms with E-state index in [0.717, 1.165) is 22.0 Å². The SMILES string of the molecule is C/C(=N/NC(=O)CN(c1ccc(F)cc1)S(=O)(=O)c1ccccc1)c1ccc(C(C)(C)C)cc1. The van der Waals surface area contributed by atoms with E-state index in [1.807, 2.05) is 24.3 Å². The summed E-state index contributed by atoms with van der Waals surface area (Å²) < 4.78 is 40.8. The van der Waals surface area contributed by atoms with Crippen LogP contribution in [-0.4, -0.2) is 26.6 Å². The number of carbonyl (C=O) groups excluding carboxylic acids is 1. The van der Waals surface area contributed by atoms with Gasteiger partial charge in [0.25, 0.3) is 15.9 Å². The van der Waals surface area contributed by atoms with Gasteiger partial charge in [0, 0.05) is 0 Å². The van der Waals surface area contributed by atoms with Crippen LogP contribution in [0.4, 0.5) is 10.1 Å². The van der Waals surface area contributed by atoms with Crippen LogP contribution < -0.4 is 9.73 Å². The number of sulfonamides is 1. The minimum absolute atomic E-state index is 0.0192. The highest BCUT2D eigenvalue weighted by atomic mass is 32.2. The van der Waals surface area contributed by atoms with Gasteiger partial charge < -0.3 is 0 Å². The molecule has 0 fully saturated rings. The number of halogens is 1. The fourth-order valence-electron chi connectivity index (χ4n) is 3.23. The van der Waals surface area contributed by atoms with Gasteiger partial charge in [-0.25, -0.2) is 18.2 Å². The Kier molecular flexibility index (Phi) is 7.51. The highest BCUT2D eigenvalue weighted by Gasteiger charge is 2.27. The Labute approximate surface area is 200 Å². The molecule has 0 radical (unpaired) electrons. The van der Waals surface area contributed by atoms with Crippen molar-refractivity contribution in [1.29, 1.82) is 0 Å². The number of anilines is 1. The minimum Gasteiger partial charge on any atom is -0.271 e. The summed E-state index contributed by atoms with van der Waals surface area (Å²) in [6.07, 6.45) is 0. The van der Waals surface area contributed by atoms with Gasteiger partial charge in [-0.1, -0.05) is 63.2 Å². The first-order valence-electron chi connectivity index (χ1n) is 10.8. The highest BCUT2D eigenvalue weighted by Crippen LogP contribution is 2.24. The summed E-state index contributed by atoms with van der Waals surface area (Å²) in [5, 5.41) is 4.14. The van der Waals surface area contributed by atoms with E-state index in [0.29, 0.717) is 5.71 Å². The average molecular weight is 482 g/mol. The van der Waals surface area contributed by atoms with Crippen LogP contribution in [0.1, 0.15) is 38.8 Å². The van der Waals surface area contributed by atoms with Crippen LogP contribution in [-0.2, 0) is 20.2 Å². The van der Waals surface area contributed by atoms with Gasteiger partial charge in [0.2, 0.25) is 0 Å². The molecule has 0 aliphatic rings. The van der Waals surface area contributed by atoms with Crippen LogP contribution in [0.15, 0.2) is 88.9 Å². The van der Waals surface area contributed by atoms with Crippen molar-refractivity contribution in [3.05, 3.63) is 95.8 Å². The van der Waals surface area contributed by atoms with Crippen molar-refractivity contribution < 1.29 is 17.6 Å². The van der Waals surface area contributed by atoms with E-state index in [2.05, 4.69) is 31.3 Å². The molecule has 0 saturated heterocycles. The molecule has 0 aliphatic carbocycles. The Morgan fingerprint density at radius 3 is 2.09 bits per heavy atom. The highest BCUT2D eigenvalue weighted by molar-refractivity contribution is 7.92. The third kappa shape index (κ3) is 6.08. The molecule has 3 aromatic carbocycles. The predicted octanol–water partition coefficient (Wildman–Crippen LogP) is 4.86. The van der Waals surface area contributed by atoms with Crippen LogP contribution in [0, 0.1) is 5.82 Å². The zero-order valence-corrected chi connectivity index (χ0v) is 20.4. The summed E-state index contributed by atoms with van der Waals surface area (Å²) in [6, 6.07) is 20.5. The number of hydrazone groups is 1. The van der Waals surface area contributed by atoms with Gasteiger partial charge in [0.05, 0.1) is 16.3 Å². The summed E-state index contributed by atoms with van der Waals surface area (Å²) in [5.74, 6) is -1.14. The molecule has 8 heteroatoms. The van der Waals surface area contributed by atoms with E-state index in [9.17, 15) is 17.6 Å². The van der Waals surface area contributed by atoms with Crippen LogP contribution in [0.2, 0.25) is 0 Å². The van der Waals surface area contributed by atoms with E-state index in [1.165, 1.54) is 29.8 Å². The first kappa shape index (κ1) is 25.1. The Bertz CT molecular complexity index is 1270. The fraction of sp³-hybridized carbons (Fsp3) is 0.231. The van der Waals surface area contributed by atoms with Crippen LogP contribution >= 0.6 is 0 Å². The number of carbonyl (C=O) groups is 1. The van der Waals surface area contributed by atoms with E-state index >= 15 is 0 Å². The second-order valence-corrected chi connectivity index (χ2v) is 10.7. The lowest BCUT2D eigenvalue weighted by atomic mass is 9.86. The molecular formula is C26H28FN3O3S. The molecule has 178 valence electrons. The Hall–Kier alpha value is -3.52. The molecular weight excluding hydrogens is 453 g/mol. The topological polar surface area (TPSA) is 78.8 Å². The van der Waals surface area contributed by atoms with Gasteiger partial charge in [-0.2, -0.15) is 5.10 Å². The lowest BCUT2D eigenvalue weighted by molar-refractivity contribution is -0.119. The smallest absolute Gasteiger partial charge is 0.264 e. The number of nitrogens with zero attached hydrogens (tertiary/aromatic N) is 2. The standard InChI is InChI=1S/C26H28FN3O3S/c1-19(20-10-12-21(13-11-20)26(2,3)4)28-29-25(31)18-30(23-16-14-22(27)15-17-23)34(32,33)24-8-6-5-7-9-24/h5-17H,18H2,1-4H3,(H,29,31)/b28-19-. The van der Waals surface area contributed by atoms with Gasteiger partial charge in [-0.3, -0.25) is 9.10 Å². The average Bonchev–Trinajstić information content (AvgIpc) is 2.81. The number of amides is 1. The fourth-order valence-corrected chi connectivity index (χ4v) is 4.67. The summed E-state index contributed by atoms with van der Waals surface area (Å²) in [6.45, 7) is 7.60. The first-order chi connectivity index (χ1) is 16.0. The molecule has 0 aliphatic heterocycles. The quantitative estimate of drug-likeness (QED) is 0.387. The van der Waals surface area contributed by atoms with Crippen LogP contribution in [0.25, 0.3) is 0 Å². The molecule has 6 nitrogen and oxygen atoms in total. The Balaban J connectivity index is 1.81. The second kappa shape index (κ2) is 10.2. The lowest BCUT2D eigenvalue weighted by Gasteiger charge is -2.23. The molecule has 3 rings (SSSR count). The zero-order chi connectivity index (χ0) is 24.9. The maximum absolute atomic E-state index is 13.4. The minimum atomic E-state index is -4.07. The van der Waals surface area contributed by atoms with Crippen molar-refractivity contribution in [2.45, 2.75) is 38.0 Å². The van der Waals surface area contributed by atoms with Gasteiger partial charge in [-0.05, 0) is 59.9 Å². The first-order valence-corrected chi connectivity index (χ1v) is 12.2. The molecule has 3 aromatic rings. The normalized spacial score (nSPS) is 12.3. The van der Waals surface area contributed by atoms with Gasteiger partial charge in [-0.15, -0.1) is 0 Å². The molecule has 0 spiro atoms. The molecule has 1 N–H and O–H groups in total. The van der Waals surface area contributed by atoms with Crippen LogP contribution in [0.3, 0.4) is 0 Å². The zero-order valence-electron chi connectivity index (χ0n) is 19.6. The molecule has 0 saturated carbocycles. The van der Waals surface area contributed by atoms with Gasteiger partial charge in [0.15, 0.2) is 0 Å². The van der Waals surface area contributed by atoms with E-state index in [1.54, 1.807) is 25.1 Å². The molecule has 0 heterocycles. The number of nitrogens with one attached hydrogen (secondary N) is 1. The van der Waals surface area contributed by atoms with Gasteiger partial charge >= 0.3 is 0 Å². The maximum Gasteiger partial charge on any atom is 0.264 e. The molecule has 0 bridgehead atoms. The van der Waals surface area contributed by atoms with Gasteiger partial charge in [0.1, 0.15) is 12.4 Å². The lowest BCUT2D eigenvalue weighted by Crippen LogP contribution is -2.39. The Morgan fingerprint density at radius 2 is 1.53 bits per heavy atom. The van der Waals surface area contributed by atoms with Crippen molar-refractivity contribution in [2.75, 3.05) is 10.8 Å². The maximum atomic E-state index is 13.4. The third-order valence-electron chi connectivity index (χ3n) is 5.25.